The van der Waals surface area contributed by atoms with E-state index in [2.05, 4.69) is 25.7 Å². The van der Waals surface area contributed by atoms with Gasteiger partial charge in [-0.05, 0) is 12.1 Å². The second-order valence-electron chi connectivity index (χ2n) is 4.14. The van der Waals surface area contributed by atoms with Gasteiger partial charge in [-0.2, -0.15) is 15.5 Å². The van der Waals surface area contributed by atoms with Crippen LogP contribution >= 0.6 is 0 Å². The van der Waals surface area contributed by atoms with Crippen molar-refractivity contribution in [2.75, 3.05) is 5.43 Å². The Morgan fingerprint density at radius 2 is 2.38 bits per heavy atom. The minimum atomic E-state index is -0.386. The van der Waals surface area contributed by atoms with E-state index in [0.29, 0.717) is 11.5 Å². The Labute approximate surface area is 121 Å². The van der Waals surface area contributed by atoms with Crippen molar-refractivity contribution >= 4 is 17.2 Å². The van der Waals surface area contributed by atoms with Crippen LogP contribution in [-0.4, -0.2) is 26.7 Å². The molecule has 0 radical (unpaired) electrons. The fourth-order valence-electron chi connectivity index (χ4n) is 1.58. The van der Waals surface area contributed by atoms with Crippen molar-refractivity contribution in [1.82, 2.24) is 15.2 Å². The molecule has 0 atom stereocenters. The van der Waals surface area contributed by atoms with Gasteiger partial charge in [-0.1, -0.05) is 19.1 Å². The highest BCUT2D eigenvalue weighted by molar-refractivity contribution is 6.45. The van der Waals surface area contributed by atoms with E-state index in [1.54, 1.807) is 18.2 Å². The molecule has 0 saturated carbocycles. The van der Waals surface area contributed by atoms with Crippen LogP contribution in [0.25, 0.3) is 11.4 Å². The number of hydrogen-bond acceptors (Lipinski definition) is 6. The standard InChI is InChI=1S/C13H14N8/c1-2-11-17-13(21-20-11)8-4-3-5-9(6-8)18-19-10(7-14)12(15)16/h3-6,18H,2H2,1H3,(H3,15,16)(H,17,20,21)/b19-10+. The van der Waals surface area contributed by atoms with Gasteiger partial charge in [0.2, 0.25) is 5.71 Å². The smallest absolute Gasteiger partial charge is 0.201 e. The van der Waals surface area contributed by atoms with Crippen LogP contribution < -0.4 is 11.2 Å². The maximum absolute atomic E-state index is 8.77. The lowest BCUT2D eigenvalue weighted by molar-refractivity contribution is 0.946. The van der Waals surface area contributed by atoms with E-state index >= 15 is 0 Å². The molecule has 0 fully saturated rings. The highest BCUT2D eigenvalue weighted by Gasteiger charge is 2.06. The van der Waals surface area contributed by atoms with E-state index in [-0.39, 0.29) is 11.5 Å². The maximum atomic E-state index is 8.77. The number of rotatable bonds is 5. The van der Waals surface area contributed by atoms with Gasteiger partial charge in [0.1, 0.15) is 11.9 Å². The summed E-state index contributed by atoms with van der Waals surface area (Å²) in [5.41, 5.74) is 9.18. The number of nitrogens with one attached hydrogen (secondary N) is 3. The van der Waals surface area contributed by atoms with Crippen LogP contribution in [0.2, 0.25) is 0 Å². The van der Waals surface area contributed by atoms with Crippen LogP contribution in [0, 0.1) is 16.7 Å². The van der Waals surface area contributed by atoms with Crippen LogP contribution in [0.1, 0.15) is 12.7 Å². The zero-order chi connectivity index (χ0) is 15.2. The number of benzene rings is 1. The highest BCUT2D eigenvalue weighted by Crippen LogP contribution is 2.19. The summed E-state index contributed by atoms with van der Waals surface area (Å²) in [5, 5.41) is 26.7. The third-order valence-corrected chi connectivity index (χ3v) is 2.65. The summed E-state index contributed by atoms with van der Waals surface area (Å²) in [5.74, 6) is 1.01. The molecular formula is C13H14N8. The molecule has 0 unspecified atom stereocenters. The predicted octanol–water partition coefficient (Wildman–Crippen LogP) is 1.26. The van der Waals surface area contributed by atoms with Crippen molar-refractivity contribution in [3.05, 3.63) is 30.1 Å². The number of hydrogen-bond donors (Lipinski definition) is 4. The number of nitrogens with two attached hydrogens (primary N) is 1. The summed E-state index contributed by atoms with van der Waals surface area (Å²) in [6.45, 7) is 1.99. The van der Waals surface area contributed by atoms with E-state index in [1.165, 1.54) is 0 Å². The lowest BCUT2D eigenvalue weighted by atomic mass is 10.2. The number of aryl methyl sites for hydroxylation is 1. The molecule has 8 nitrogen and oxygen atoms in total. The predicted molar refractivity (Wildman–Crippen MR) is 79.8 cm³/mol. The molecule has 2 aromatic rings. The molecule has 0 saturated heterocycles. The maximum Gasteiger partial charge on any atom is 0.201 e. The SMILES string of the molecule is CCc1nc(-c2cccc(N/N=C(\C#N)C(=N)N)c2)n[nH]1. The summed E-state index contributed by atoms with van der Waals surface area (Å²) in [7, 11) is 0. The first-order chi connectivity index (χ1) is 10.1. The van der Waals surface area contributed by atoms with E-state index in [9.17, 15) is 0 Å². The van der Waals surface area contributed by atoms with Crippen molar-refractivity contribution in [3.63, 3.8) is 0 Å². The molecule has 0 aliphatic heterocycles. The van der Waals surface area contributed by atoms with Crippen LogP contribution in [0.4, 0.5) is 5.69 Å². The minimum absolute atomic E-state index is 0.174. The third-order valence-electron chi connectivity index (χ3n) is 2.65. The third kappa shape index (κ3) is 3.42. The van der Waals surface area contributed by atoms with E-state index < -0.39 is 0 Å². The van der Waals surface area contributed by atoms with Crippen molar-refractivity contribution in [3.8, 4) is 17.5 Å². The lowest BCUT2D eigenvalue weighted by Gasteiger charge is -2.02. The molecule has 0 aliphatic rings. The Morgan fingerprint density at radius 1 is 1.57 bits per heavy atom. The molecule has 21 heavy (non-hydrogen) atoms. The zero-order valence-electron chi connectivity index (χ0n) is 11.4. The number of nitriles is 1. The Kier molecular flexibility index (Phi) is 4.26. The first-order valence-electron chi connectivity index (χ1n) is 6.24. The van der Waals surface area contributed by atoms with E-state index in [0.717, 1.165) is 17.8 Å². The normalized spacial score (nSPS) is 11.0. The van der Waals surface area contributed by atoms with Gasteiger partial charge in [0.25, 0.3) is 0 Å². The van der Waals surface area contributed by atoms with Crippen LogP contribution in [0.5, 0.6) is 0 Å². The second-order valence-corrected chi connectivity index (χ2v) is 4.14. The van der Waals surface area contributed by atoms with Gasteiger partial charge in [-0.15, -0.1) is 0 Å². The first kappa shape index (κ1) is 14.2. The van der Waals surface area contributed by atoms with Gasteiger partial charge in [0.05, 0.1) is 5.69 Å². The summed E-state index contributed by atoms with van der Waals surface area (Å²) in [6.07, 6.45) is 0.777. The average molecular weight is 282 g/mol. The number of anilines is 1. The molecule has 1 aromatic heterocycles. The van der Waals surface area contributed by atoms with Gasteiger partial charge in [-0.25, -0.2) is 4.98 Å². The summed E-state index contributed by atoms with van der Waals surface area (Å²) in [6, 6.07) is 8.99. The summed E-state index contributed by atoms with van der Waals surface area (Å²) >= 11 is 0. The van der Waals surface area contributed by atoms with Crippen molar-refractivity contribution < 1.29 is 0 Å². The van der Waals surface area contributed by atoms with Crippen molar-refractivity contribution in [1.29, 1.82) is 10.7 Å². The Balaban J connectivity index is 2.22. The molecule has 0 spiro atoms. The number of amidine groups is 1. The Morgan fingerprint density at radius 3 is 3.00 bits per heavy atom. The number of nitrogens with zero attached hydrogens (tertiary/aromatic N) is 4. The summed E-state index contributed by atoms with van der Waals surface area (Å²) < 4.78 is 0. The molecule has 2 rings (SSSR count). The average Bonchev–Trinajstić information content (AvgIpc) is 2.97. The lowest BCUT2D eigenvalue weighted by Crippen LogP contribution is -2.21. The molecule has 0 amide bonds. The van der Waals surface area contributed by atoms with E-state index in [1.807, 2.05) is 19.1 Å². The van der Waals surface area contributed by atoms with E-state index in [4.69, 9.17) is 16.4 Å². The molecule has 0 bridgehead atoms. The fraction of sp³-hybridized carbons (Fsp3) is 0.154. The van der Waals surface area contributed by atoms with Gasteiger partial charge in [0.15, 0.2) is 11.7 Å². The highest BCUT2D eigenvalue weighted by atomic mass is 15.3. The van der Waals surface area contributed by atoms with Gasteiger partial charge in [-0.3, -0.25) is 15.9 Å². The first-order valence-corrected chi connectivity index (χ1v) is 6.24. The number of hydrazone groups is 1. The number of aromatic nitrogens is 3. The fourth-order valence-corrected chi connectivity index (χ4v) is 1.58. The quantitative estimate of drug-likeness (QED) is 0.371. The van der Waals surface area contributed by atoms with Gasteiger partial charge < -0.3 is 5.73 Å². The van der Waals surface area contributed by atoms with Gasteiger partial charge in [0, 0.05) is 12.0 Å². The summed E-state index contributed by atoms with van der Waals surface area (Å²) in [4.78, 5) is 4.34. The molecule has 106 valence electrons. The second kappa shape index (κ2) is 6.29. The monoisotopic (exact) mass is 282 g/mol. The topological polar surface area (TPSA) is 140 Å². The Bertz CT molecular complexity index is 722. The number of aromatic amines is 1. The van der Waals surface area contributed by atoms with Crippen molar-refractivity contribution in [2.45, 2.75) is 13.3 Å². The van der Waals surface area contributed by atoms with Crippen LogP contribution in [0.3, 0.4) is 0 Å². The minimum Gasteiger partial charge on any atom is -0.382 e. The molecule has 1 aromatic carbocycles. The zero-order valence-corrected chi connectivity index (χ0v) is 11.4. The molecule has 1 heterocycles. The molecule has 0 aliphatic carbocycles. The largest absolute Gasteiger partial charge is 0.382 e. The van der Waals surface area contributed by atoms with Crippen LogP contribution in [0.15, 0.2) is 29.4 Å². The number of H-pyrrole nitrogens is 1. The molecule has 5 N–H and O–H groups in total. The van der Waals surface area contributed by atoms with Crippen LogP contribution in [-0.2, 0) is 6.42 Å². The Hall–Kier alpha value is -3.21. The molecular weight excluding hydrogens is 268 g/mol. The molecule has 8 heteroatoms. The van der Waals surface area contributed by atoms with Crippen molar-refractivity contribution in [2.24, 2.45) is 10.8 Å². The van der Waals surface area contributed by atoms with Gasteiger partial charge >= 0.3 is 0 Å².